The molecule has 0 saturated heterocycles. The van der Waals surface area contributed by atoms with Gasteiger partial charge in [-0.1, -0.05) is 12.1 Å². The maximum Gasteiger partial charge on any atom is 0.203 e. The average Bonchev–Trinajstić information content (AvgIpc) is 2.72. The molecule has 0 spiro atoms. The van der Waals surface area contributed by atoms with Crippen LogP contribution in [0.25, 0.3) is 0 Å². The van der Waals surface area contributed by atoms with Gasteiger partial charge in [0.05, 0.1) is 26.9 Å². The molecule has 1 heterocycles. The topological polar surface area (TPSA) is 61.3 Å². The molecule has 1 aliphatic heterocycles. The molecule has 2 aromatic rings. The predicted molar refractivity (Wildman–Crippen MR) is 101 cm³/mol. The lowest BCUT2D eigenvalue weighted by atomic mass is 10.1. The molecule has 26 heavy (non-hydrogen) atoms. The molecule has 6 nitrogen and oxygen atoms in total. The van der Waals surface area contributed by atoms with Crippen molar-refractivity contribution < 1.29 is 18.9 Å². The highest BCUT2D eigenvalue weighted by atomic mass is 16.5. The van der Waals surface area contributed by atoms with Gasteiger partial charge in [-0.15, -0.1) is 0 Å². The van der Waals surface area contributed by atoms with E-state index < -0.39 is 0 Å². The smallest absolute Gasteiger partial charge is 0.203 e. The Hall–Kier alpha value is -2.89. The van der Waals surface area contributed by atoms with Gasteiger partial charge in [0.25, 0.3) is 0 Å². The van der Waals surface area contributed by atoms with Gasteiger partial charge in [-0.05, 0) is 36.2 Å². The quantitative estimate of drug-likeness (QED) is 0.826. The number of methoxy groups -OCH3 is 3. The minimum Gasteiger partial charge on any atom is -0.493 e. The van der Waals surface area contributed by atoms with Gasteiger partial charge in [0.1, 0.15) is 18.2 Å². The molecule has 2 aromatic carbocycles. The molecule has 1 N–H and O–H groups in total. The minimum atomic E-state index is 0.376. The van der Waals surface area contributed by atoms with Crippen LogP contribution in [0.15, 0.2) is 41.4 Å². The zero-order valence-electron chi connectivity index (χ0n) is 15.4. The Morgan fingerprint density at radius 3 is 2.31 bits per heavy atom. The van der Waals surface area contributed by atoms with Crippen molar-refractivity contribution in [3.63, 3.8) is 0 Å². The first-order valence-electron chi connectivity index (χ1n) is 8.56. The number of hydrogen-bond donors (Lipinski definition) is 1. The van der Waals surface area contributed by atoms with E-state index in [1.165, 1.54) is 0 Å². The largest absolute Gasteiger partial charge is 0.493 e. The summed E-state index contributed by atoms with van der Waals surface area (Å²) >= 11 is 0. The van der Waals surface area contributed by atoms with E-state index in [4.69, 9.17) is 18.9 Å². The zero-order chi connectivity index (χ0) is 18.4. The van der Waals surface area contributed by atoms with Crippen LogP contribution in [0.2, 0.25) is 0 Å². The summed E-state index contributed by atoms with van der Waals surface area (Å²) in [6.45, 7) is 2.14. The molecule has 3 rings (SSSR count). The Balaban J connectivity index is 1.83. The van der Waals surface area contributed by atoms with Crippen molar-refractivity contribution in [2.45, 2.75) is 13.0 Å². The first-order chi connectivity index (χ1) is 12.8. The van der Waals surface area contributed by atoms with Crippen molar-refractivity contribution in [1.29, 1.82) is 0 Å². The van der Waals surface area contributed by atoms with E-state index in [0.29, 0.717) is 23.9 Å². The van der Waals surface area contributed by atoms with Crippen LogP contribution in [0.4, 0.5) is 0 Å². The van der Waals surface area contributed by atoms with E-state index in [1.807, 2.05) is 36.4 Å². The van der Waals surface area contributed by atoms with Gasteiger partial charge in [-0.25, -0.2) is 0 Å². The summed E-state index contributed by atoms with van der Waals surface area (Å²) < 4.78 is 22.2. The van der Waals surface area contributed by atoms with Crippen molar-refractivity contribution in [1.82, 2.24) is 5.32 Å². The van der Waals surface area contributed by atoms with Gasteiger partial charge >= 0.3 is 0 Å². The minimum absolute atomic E-state index is 0.376. The lowest BCUT2D eigenvalue weighted by molar-refractivity contribution is 0.298. The second-order valence-corrected chi connectivity index (χ2v) is 5.83. The number of benzene rings is 2. The second kappa shape index (κ2) is 8.47. The third-order valence-corrected chi connectivity index (χ3v) is 4.16. The van der Waals surface area contributed by atoms with Crippen LogP contribution in [0, 0.1) is 0 Å². The van der Waals surface area contributed by atoms with Crippen molar-refractivity contribution in [2.75, 3.05) is 34.4 Å². The molecule has 1 aliphatic rings. The average molecular weight is 356 g/mol. The Morgan fingerprint density at radius 1 is 0.962 bits per heavy atom. The van der Waals surface area contributed by atoms with Crippen molar-refractivity contribution in [2.24, 2.45) is 4.99 Å². The van der Waals surface area contributed by atoms with Crippen LogP contribution in [0.5, 0.6) is 23.0 Å². The summed E-state index contributed by atoms with van der Waals surface area (Å²) in [5.74, 6) is 3.46. The number of nitrogens with one attached hydrogen (secondary N) is 1. The normalized spacial score (nSPS) is 13.4. The van der Waals surface area contributed by atoms with Crippen LogP contribution in [-0.4, -0.2) is 40.3 Å². The van der Waals surface area contributed by atoms with E-state index in [9.17, 15) is 0 Å². The fourth-order valence-corrected chi connectivity index (χ4v) is 2.88. The summed E-state index contributed by atoms with van der Waals surface area (Å²) in [5.41, 5.74) is 1.90. The summed E-state index contributed by atoms with van der Waals surface area (Å²) in [6, 6.07) is 11.7. The lowest BCUT2D eigenvalue weighted by Gasteiger charge is -2.18. The first-order valence-corrected chi connectivity index (χ1v) is 8.56. The van der Waals surface area contributed by atoms with E-state index in [1.54, 1.807) is 21.3 Å². The van der Waals surface area contributed by atoms with Crippen LogP contribution in [0.3, 0.4) is 0 Å². The summed E-state index contributed by atoms with van der Waals surface area (Å²) in [5, 5.41) is 3.34. The zero-order valence-corrected chi connectivity index (χ0v) is 15.4. The van der Waals surface area contributed by atoms with Crippen molar-refractivity contribution in [3.8, 4) is 23.0 Å². The van der Waals surface area contributed by atoms with Crippen molar-refractivity contribution >= 4 is 5.84 Å². The number of amidine groups is 1. The Morgan fingerprint density at radius 2 is 1.69 bits per heavy atom. The highest BCUT2D eigenvalue weighted by Crippen LogP contribution is 2.38. The molecule has 0 bridgehead atoms. The van der Waals surface area contributed by atoms with E-state index >= 15 is 0 Å². The maximum atomic E-state index is 6.08. The van der Waals surface area contributed by atoms with E-state index in [0.717, 1.165) is 42.2 Å². The fraction of sp³-hybridized carbons (Fsp3) is 0.350. The van der Waals surface area contributed by atoms with Gasteiger partial charge in [-0.2, -0.15) is 0 Å². The number of para-hydroxylation sites is 1. The number of hydrogen-bond acceptors (Lipinski definition) is 6. The Labute approximate surface area is 153 Å². The van der Waals surface area contributed by atoms with E-state index in [-0.39, 0.29) is 0 Å². The molecule has 0 saturated carbocycles. The predicted octanol–water partition coefficient (Wildman–Crippen LogP) is 3.03. The maximum absolute atomic E-state index is 6.08. The second-order valence-electron chi connectivity index (χ2n) is 5.83. The number of nitrogens with zero attached hydrogens (tertiary/aromatic N) is 1. The highest BCUT2D eigenvalue weighted by molar-refractivity contribution is 6.01. The molecule has 0 fully saturated rings. The molecule has 6 heteroatoms. The summed E-state index contributed by atoms with van der Waals surface area (Å²) in [4.78, 5) is 4.56. The molecule has 0 aliphatic carbocycles. The number of rotatable bonds is 7. The molecular weight excluding hydrogens is 332 g/mol. The van der Waals surface area contributed by atoms with Crippen LogP contribution in [0.1, 0.15) is 17.5 Å². The summed E-state index contributed by atoms with van der Waals surface area (Å²) in [6.07, 6.45) is 1.05. The monoisotopic (exact) mass is 356 g/mol. The molecule has 0 radical (unpaired) electrons. The molecule has 0 aromatic heterocycles. The first kappa shape index (κ1) is 17.9. The van der Waals surface area contributed by atoms with Gasteiger partial charge in [0.15, 0.2) is 11.5 Å². The Kier molecular flexibility index (Phi) is 5.84. The number of ether oxygens (including phenoxy) is 4. The molecular formula is C20H24N2O4. The molecule has 0 atom stereocenters. The van der Waals surface area contributed by atoms with Crippen LogP contribution in [-0.2, 0) is 6.61 Å². The molecule has 0 unspecified atom stereocenters. The molecule has 0 amide bonds. The van der Waals surface area contributed by atoms with Crippen LogP contribution < -0.4 is 24.3 Å². The fourth-order valence-electron chi connectivity index (χ4n) is 2.88. The van der Waals surface area contributed by atoms with Crippen LogP contribution >= 0.6 is 0 Å². The Bertz CT molecular complexity index is 764. The van der Waals surface area contributed by atoms with Gasteiger partial charge in [0.2, 0.25) is 5.75 Å². The van der Waals surface area contributed by atoms with Gasteiger partial charge in [-0.3, -0.25) is 4.99 Å². The van der Waals surface area contributed by atoms with Crippen molar-refractivity contribution in [3.05, 3.63) is 47.5 Å². The van der Waals surface area contributed by atoms with E-state index in [2.05, 4.69) is 10.3 Å². The van der Waals surface area contributed by atoms with Gasteiger partial charge in [0, 0.05) is 13.1 Å². The molecule has 138 valence electrons. The number of aliphatic imine (C=N–C) groups is 1. The lowest BCUT2D eigenvalue weighted by Crippen LogP contribution is -2.30. The summed E-state index contributed by atoms with van der Waals surface area (Å²) in [7, 11) is 4.79. The standard InChI is InChI=1S/C20H24N2O4/c1-23-17-11-14(12-18(24-2)19(17)25-3)13-26-16-8-5-4-7-15(16)20-21-9-6-10-22-20/h4-5,7-8,11-12H,6,9-10,13H2,1-3H3,(H,21,22). The highest BCUT2D eigenvalue weighted by Gasteiger charge is 2.15. The third kappa shape index (κ3) is 3.85. The third-order valence-electron chi connectivity index (χ3n) is 4.16. The van der Waals surface area contributed by atoms with Gasteiger partial charge < -0.3 is 24.3 Å². The SMILES string of the molecule is COc1cc(COc2ccccc2C2=NCCCN2)cc(OC)c1OC.